The van der Waals surface area contributed by atoms with Crippen molar-refractivity contribution < 1.29 is 9.84 Å². The second-order valence-corrected chi connectivity index (χ2v) is 6.08. The van der Waals surface area contributed by atoms with E-state index in [9.17, 15) is 5.11 Å². The molecule has 2 rings (SSSR count). The Bertz CT molecular complexity index is 595. The summed E-state index contributed by atoms with van der Waals surface area (Å²) in [4.78, 5) is 0. The second-order valence-electron chi connectivity index (χ2n) is 4.35. The fourth-order valence-electron chi connectivity index (χ4n) is 1.80. The molecule has 20 heavy (non-hydrogen) atoms. The van der Waals surface area contributed by atoms with Crippen LogP contribution in [-0.4, -0.2) is 5.11 Å². The van der Waals surface area contributed by atoms with E-state index in [2.05, 4.69) is 15.9 Å². The zero-order valence-corrected chi connectivity index (χ0v) is 13.8. The van der Waals surface area contributed by atoms with Crippen molar-refractivity contribution in [2.75, 3.05) is 0 Å². The quantitative estimate of drug-likeness (QED) is 0.776. The number of hydrogen-bond acceptors (Lipinski definition) is 2. The molecule has 0 radical (unpaired) electrons. The van der Waals surface area contributed by atoms with Gasteiger partial charge in [-0.15, -0.1) is 0 Å². The van der Waals surface area contributed by atoms with Gasteiger partial charge < -0.3 is 9.84 Å². The van der Waals surface area contributed by atoms with Crippen molar-refractivity contribution in [2.45, 2.75) is 19.6 Å². The Morgan fingerprint density at radius 3 is 2.45 bits per heavy atom. The van der Waals surface area contributed by atoms with Crippen LogP contribution in [0.3, 0.4) is 0 Å². The van der Waals surface area contributed by atoms with Crippen LogP contribution >= 0.6 is 39.1 Å². The van der Waals surface area contributed by atoms with E-state index in [1.807, 2.05) is 12.1 Å². The highest BCUT2D eigenvalue weighted by molar-refractivity contribution is 9.10. The lowest BCUT2D eigenvalue weighted by atomic mass is 10.1. The third-order valence-corrected chi connectivity index (χ3v) is 4.06. The fourth-order valence-corrected chi connectivity index (χ4v) is 2.68. The Kier molecular flexibility index (Phi) is 5.33. The van der Waals surface area contributed by atoms with Gasteiger partial charge in [0, 0.05) is 25.6 Å². The van der Waals surface area contributed by atoms with Gasteiger partial charge in [0.1, 0.15) is 12.4 Å². The molecule has 0 aromatic heterocycles. The van der Waals surface area contributed by atoms with Gasteiger partial charge in [-0.3, -0.25) is 0 Å². The van der Waals surface area contributed by atoms with Crippen LogP contribution in [-0.2, 0) is 6.61 Å². The van der Waals surface area contributed by atoms with E-state index in [1.165, 1.54) is 0 Å². The first-order chi connectivity index (χ1) is 9.49. The second kappa shape index (κ2) is 6.81. The summed E-state index contributed by atoms with van der Waals surface area (Å²) in [6, 6.07) is 10.8. The van der Waals surface area contributed by atoms with Gasteiger partial charge in [-0.2, -0.15) is 0 Å². The first kappa shape index (κ1) is 15.6. The predicted molar refractivity (Wildman–Crippen MR) is 85.6 cm³/mol. The van der Waals surface area contributed by atoms with Crippen molar-refractivity contribution in [1.82, 2.24) is 0 Å². The number of hydrogen-bond donors (Lipinski definition) is 1. The molecule has 0 heterocycles. The lowest BCUT2D eigenvalue weighted by Crippen LogP contribution is -2.02. The van der Waals surface area contributed by atoms with Crippen LogP contribution in [0.25, 0.3) is 0 Å². The Hall–Kier alpha value is -0.740. The molecule has 0 spiro atoms. The maximum absolute atomic E-state index is 9.78. The van der Waals surface area contributed by atoms with Crippen LogP contribution in [0.5, 0.6) is 5.75 Å². The number of halogens is 3. The molecule has 0 saturated carbocycles. The Morgan fingerprint density at radius 1 is 1.20 bits per heavy atom. The molecule has 0 aliphatic heterocycles. The van der Waals surface area contributed by atoms with Crippen LogP contribution in [0.1, 0.15) is 24.2 Å². The number of aliphatic hydroxyl groups excluding tert-OH is 1. The molecule has 1 N–H and O–H groups in total. The molecule has 0 saturated heterocycles. The van der Waals surface area contributed by atoms with E-state index < -0.39 is 6.10 Å². The van der Waals surface area contributed by atoms with Gasteiger partial charge in [0.05, 0.1) is 6.10 Å². The number of benzene rings is 2. The molecular formula is C15H13BrCl2O2. The van der Waals surface area contributed by atoms with Crippen molar-refractivity contribution in [3.63, 3.8) is 0 Å². The summed E-state index contributed by atoms with van der Waals surface area (Å²) in [6.07, 6.45) is -0.621. The van der Waals surface area contributed by atoms with Gasteiger partial charge in [0.25, 0.3) is 0 Å². The highest BCUT2D eigenvalue weighted by Crippen LogP contribution is 2.31. The van der Waals surface area contributed by atoms with Crippen LogP contribution in [0.4, 0.5) is 0 Å². The summed E-state index contributed by atoms with van der Waals surface area (Å²) in [5, 5.41) is 10.9. The largest absolute Gasteiger partial charge is 0.488 e. The van der Waals surface area contributed by atoms with Crippen molar-refractivity contribution in [3.05, 3.63) is 62.0 Å². The zero-order valence-electron chi connectivity index (χ0n) is 10.7. The Morgan fingerprint density at radius 2 is 1.85 bits per heavy atom. The van der Waals surface area contributed by atoms with Crippen LogP contribution in [0.15, 0.2) is 40.9 Å². The summed E-state index contributed by atoms with van der Waals surface area (Å²) in [6.45, 7) is 1.94. The summed E-state index contributed by atoms with van der Waals surface area (Å²) in [5.41, 5.74) is 1.44. The van der Waals surface area contributed by atoms with Crippen molar-refractivity contribution >= 4 is 39.1 Å². The molecule has 0 aliphatic carbocycles. The average Bonchev–Trinajstić information content (AvgIpc) is 2.39. The molecule has 0 bridgehead atoms. The molecule has 0 fully saturated rings. The molecule has 0 aliphatic rings. The minimum absolute atomic E-state index is 0.250. The maximum atomic E-state index is 9.78. The predicted octanol–water partition coefficient (Wildman–Crippen LogP) is 5.39. The molecular weight excluding hydrogens is 363 g/mol. The third kappa shape index (κ3) is 3.67. The number of aliphatic hydroxyl groups is 1. The summed E-state index contributed by atoms with van der Waals surface area (Å²) < 4.78 is 6.64. The van der Waals surface area contributed by atoms with Gasteiger partial charge in [-0.05, 0) is 37.3 Å². The molecule has 2 aromatic carbocycles. The minimum Gasteiger partial charge on any atom is -0.488 e. The van der Waals surface area contributed by atoms with E-state index in [0.29, 0.717) is 21.4 Å². The zero-order chi connectivity index (χ0) is 14.7. The standard InChI is InChI=1S/C15H13BrCl2O2/c1-9(19)11-7-10(16)5-6-15(11)20-8-12-13(17)3-2-4-14(12)18/h2-7,9,19H,8H2,1H3/t9-/m1/s1. The fraction of sp³-hybridized carbons (Fsp3) is 0.200. The lowest BCUT2D eigenvalue weighted by Gasteiger charge is -2.15. The van der Waals surface area contributed by atoms with Gasteiger partial charge >= 0.3 is 0 Å². The molecule has 5 heteroatoms. The molecule has 0 amide bonds. The van der Waals surface area contributed by atoms with E-state index in [0.717, 1.165) is 10.0 Å². The van der Waals surface area contributed by atoms with Gasteiger partial charge in [-0.1, -0.05) is 45.2 Å². The van der Waals surface area contributed by atoms with Crippen LogP contribution in [0.2, 0.25) is 10.0 Å². The van der Waals surface area contributed by atoms with E-state index in [1.54, 1.807) is 31.2 Å². The third-order valence-electron chi connectivity index (χ3n) is 2.86. The van der Waals surface area contributed by atoms with Crippen molar-refractivity contribution in [2.24, 2.45) is 0 Å². The highest BCUT2D eigenvalue weighted by atomic mass is 79.9. The SMILES string of the molecule is C[C@@H](O)c1cc(Br)ccc1OCc1c(Cl)cccc1Cl. The molecule has 1 atom stereocenters. The van der Waals surface area contributed by atoms with Gasteiger partial charge in [0.15, 0.2) is 0 Å². The molecule has 0 unspecified atom stereocenters. The minimum atomic E-state index is -0.621. The molecule has 106 valence electrons. The summed E-state index contributed by atoms with van der Waals surface area (Å²) >= 11 is 15.6. The number of rotatable bonds is 4. The Balaban J connectivity index is 2.23. The van der Waals surface area contributed by atoms with Crippen molar-refractivity contribution in [3.8, 4) is 5.75 Å². The highest BCUT2D eigenvalue weighted by Gasteiger charge is 2.12. The first-order valence-electron chi connectivity index (χ1n) is 6.02. The topological polar surface area (TPSA) is 29.5 Å². The Labute approximate surface area is 136 Å². The summed E-state index contributed by atoms with van der Waals surface area (Å²) in [5.74, 6) is 0.610. The average molecular weight is 376 g/mol. The van der Waals surface area contributed by atoms with E-state index in [4.69, 9.17) is 27.9 Å². The van der Waals surface area contributed by atoms with E-state index >= 15 is 0 Å². The van der Waals surface area contributed by atoms with Gasteiger partial charge in [-0.25, -0.2) is 0 Å². The lowest BCUT2D eigenvalue weighted by molar-refractivity contribution is 0.190. The van der Waals surface area contributed by atoms with Crippen molar-refractivity contribution in [1.29, 1.82) is 0 Å². The smallest absolute Gasteiger partial charge is 0.125 e. The maximum Gasteiger partial charge on any atom is 0.125 e. The molecule has 2 nitrogen and oxygen atoms in total. The molecule has 2 aromatic rings. The van der Waals surface area contributed by atoms with Crippen LogP contribution in [0, 0.1) is 0 Å². The first-order valence-corrected chi connectivity index (χ1v) is 7.57. The summed E-state index contributed by atoms with van der Waals surface area (Å²) in [7, 11) is 0. The van der Waals surface area contributed by atoms with Crippen LogP contribution < -0.4 is 4.74 Å². The van der Waals surface area contributed by atoms with Gasteiger partial charge in [0.2, 0.25) is 0 Å². The normalized spacial score (nSPS) is 12.2. The van der Waals surface area contributed by atoms with E-state index in [-0.39, 0.29) is 6.61 Å². The monoisotopic (exact) mass is 374 g/mol. The number of ether oxygens (including phenoxy) is 1.